The zero-order valence-corrected chi connectivity index (χ0v) is 25.0. The lowest BCUT2D eigenvalue weighted by atomic mass is 9.95. The van der Waals surface area contributed by atoms with Gasteiger partial charge in [0.25, 0.3) is 5.92 Å². The molecule has 2 aliphatic heterocycles. The van der Waals surface area contributed by atoms with Crippen molar-refractivity contribution >= 4 is 42.8 Å². The Kier molecular flexibility index (Phi) is 7.71. The summed E-state index contributed by atoms with van der Waals surface area (Å²) in [6.07, 6.45) is 8.83. The molecule has 3 aromatic rings. The maximum absolute atomic E-state index is 16.2. The van der Waals surface area contributed by atoms with Gasteiger partial charge in [0.1, 0.15) is 0 Å². The van der Waals surface area contributed by atoms with Gasteiger partial charge in [-0.3, -0.25) is 9.48 Å². The minimum atomic E-state index is -4.52. The fourth-order valence-electron chi connectivity index (χ4n) is 6.84. The second-order valence-corrected chi connectivity index (χ2v) is 14.4. The van der Waals surface area contributed by atoms with Crippen molar-refractivity contribution in [3.05, 3.63) is 58.7 Å². The van der Waals surface area contributed by atoms with Crippen molar-refractivity contribution < 1.29 is 22.0 Å². The molecule has 0 radical (unpaired) electrons. The molecule has 1 saturated carbocycles. The van der Waals surface area contributed by atoms with Crippen molar-refractivity contribution in [1.29, 1.82) is 0 Å². The lowest BCUT2D eigenvalue weighted by Gasteiger charge is -2.41. The number of halogens is 3. The Bertz CT molecular complexity index is 1530. The third kappa shape index (κ3) is 5.68. The highest BCUT2D eigenvalue weighted by molar-refractivity contribution is 9.10. The highest BCUT2D eigenvalue weighted by Crippen LogP contribution is 2.40. The van der Waals surface area contributed by atoms with Crippen LogP contribution in [0.2, 0.25) is 0 Å². The van der Waals surface area contributed by atoms with Gasteiger partial charge >= 0.3 is 0 Å². The highest BCUT2D eigenvalue weighted by atomic mass is 79.9. The largest absolute Gasteiger partial charge is 0.335 e. The topological polar surface area (TPSA) is 110 Å². The summed E-state index contributed by atoms with van der Waals surface area (Å²) in [5, 5.41) is 5.17. The molecular weight excluding hydrogens is 616 g/mol. The Balaban J connectivity index is 1.32. The summed E-state index contributed by atoms with van der Waals surface area (Å²) in [6.45, 7) is 0.757. The Hall–Kier alpha value is -2.41. The van der Waals surface area contributed by atoms with E-state index in [4.69, 9.17) is 5.73 Å². The molecule has 1 amide bonds. The maximum atomic E-state index is 16.2. The molecule has 41 heavy (non-hydrogen) atoms. The van der Waals surface area contributed by atoms with E-state index in [9.17, 15) is 13.2 Å². The molecule has 1 aliphatic carbocycles. The number of carbonyl (C=O) groups excluding carboxylic acids is 1. The third-order valence-corrected chi connectivity index (χ3v) is 10.8. The van der Waals surface area contributed by atoms with Crippen LogP contribution in [-0.4, -0.2) is 53.2 Å². The predicted octanol–water partition coefficient (Wildman–Crippen LogP) is 4.91. The molecule has 220 valence electrons. The molecule has 12 heteroatoms. The zero-order valence-electron chi connectivity index (χ0n) is 22.6. The van der Waals surface area contributed by atoms with E-state index in [1.807, 2.05) is 4.68 Å². The van der Waals surface area contributed by atoms with E-state index in [2.05, 4.69) is 25.8 Å². The van der Waals surface area contributed by atoms with Crippen LogP contribution in [0.4, 0.5) is 8.78 Å². The van der Waals surface area contributed by atoms with Crippen molar-refractivity contribution in [1.82, 2.24) is 19.4 Å². The van der Waals surface area contributed by atoms with Gasteiger partial charge in [-0.15, -0.1) is 0 Å². The summed E-state index contributed by atoms with van der Waals surface area (Å²) >= 11 is 3.25. The number of rotatable bonds is 8. The van der Waals surface area contributed by atoms with Gasteiger partial charge in [0.15, 0.2) is 6.04 Å². The number of nitrogens with two attached hydrogens (primary N) is 1. The van der Waals surface area contributed by atoms with Crippen molar-refractivity contribution in [2.45, 2.75) is 92.9 Å². The molecule has 2 aromatic carbocycles. The average Bonchev–Trinajstić information content (AvgIpc) is 3.65. The second-order valence-electron chi connectivity index (χ2n) is 11.8. The number of hydrogen-bond donors (Lipinski definition) is 2. The van der Waals surface area contributed by atoms with Gasteiger partial charge in [0, 0.05) is 46.3 Å². The molecule has 2 unspecified atom stereocenters. The summed E-state index contributed by atoms with van der Waals surface area (Å²) in [4.78, 5) is 15.2. The molecule has 8 nitrogen and oxygen atoms in total. The van der Waals surface area contributed by atoms with Gasteiger partial charge in [-0.1, -0.05) is 40.9 Å². The fourth-order valence-corrected chi connectivity index (χ4v) is 8.33. The highest BCUT2D eigenvalue weighted by Gasteiger charge is 2.53. The molecule has 3 fully saturated rings. The first-order valence-electron chi connectivity index (χ1n) is 14.2. The minimum Gasteiger partial charge on any atom is -0.335 e. The number of alkyl halides is 2. The Morgan fingerprint density at radius 2 is 1.73 bits per heavy atom. The Labute approximate surface area is 246 Å². The summed E-state index contributed by atoms with van der Waals surface area (Å²) < 4.78 is 64.2. The molecule has 0 spiro atoms. The molecular formula is C29H34BrF2N5O3S. The quantitative estimate of drug-likeness (QED) is 0.360. The monoisotopic (exact) mass is 649 g/mol. The molecule has 2 bridgehead atoms. The van der Waals surface area contributed by atoms with Crippen LogP contribution >= 0.6 is 15.9 Å². The first kappa shape index (κ1) is 28.7. The number of hydrogen-bond acceptors (Lipinski definition) is 5. The van der Waals surface area contributed by atoms with Crippen LogP contribution in [0.3, 0.4) is 0 Å². The molecule has 3 atom stereocenters. The van der Waals surface area contributed by atoms with E-state index in [1.165, 1.54) is 54.1 Å². The summed E-state index contributed by atoms with van der Waals surface area (Å²) in [5.74, 6) is -4.20. The number of nitrogens with one attached hydrogen (secondary N) is 1. The Morgan fingerprint density at radius 1 is 1.07 bits per heavy atom. The van der Waals surface area contributed by atoms with Crippen LogP contribution in [0.1, 0.15) is 56.9 Å². The molecule has 6 rings (SSSR count). The van der Waals surface area contributed by atoms with E-state index < -0.39 is 33.5 Å². The standard InChI is InChI=1S/C29H34BrF2N5O3S/c30-21-7-5-20(6-8-21)29(31,32)27(28(38)37-23-9-10-24(37)15-22(33)14-23)35-41(39,40)25-11-12-26-19(13-25)17-36(34-26)16-18-3-1-2-4-18/h5-8,11-13,17-18,22-24,27,35H,1-4,9-10,14-16,33H2/t22?,23?,24?,27-/m0/s1. The Morgan fingerprint density at radius 3 is 2.39 bits per heavy atom. The van der Waals surface area contributed by atoms with E-state index in [0.717, 1.165) is 19.4 Å². The number of aromatic nitrogens is 2. The number of nitrogens with zero attached hydrogens (tertiary/aromatic N) is 3. The molecule has 1 aromatic heterocycles. The predicted molar refractivity (Wildman–Crippen MR) is 155 cm³/mol. The lowest BCUT2D eigenvalue weighted by Crippen LogP contribution is -2.60. The van der Waals surface area contributed by atoms with Gasteiger partial charge < -0.3 is 10.6 Å². The van der Waals surface area contributed by atoms with Crippen LogP contribution < -0.4 is 10.5 Å². The summed E-state index contributed by atoms with van der Waals surface area (Å²) in [6, 6.07) is 6.63. The van der Waals surface area contributed by atoms with Crippen LogP contribution in [0, 0.1) is 5.92 Å². The fraction of sp³-hybridized carbons (Fsp3) is 0.517. The number of amides is 1. The van der Waals surface area contributed by atoms with Crippen molar-refractivity contribution in [2.75, 3.05) is 0 Å². The molecule has 3 aliphatic rings. The van der Waals surface area contributed by atoms with E-state index in [-0.39, 0.29) is 23.0 Å². The molecule has 2 saturated heterocycles. The first-order chi connectivity index (χ1) is 19.5. The van der Waals surface area contributed by atoms with Crippen LogP contribution in [0.15, 0.2) is 58.0 Å². The van der Waals surface area contributed by atoms with E-state index in [1.54, 1.807) is 12.3 Å². The summed E-state index contributed by atoms with van der Waals surface area (Å²) in [7, 11) is -4.52. The SMILES string of the molecule is NC1CC2CCC(C1)N2C(=O)[C@H](NS(=O)(=O)c1ccc2nn(CC3CCCC3)cc2c1)C(F)(F)c1ccc(Br)cc1. The van der Waals surface area contributed by atoms with Gasteiger partial charge in [0.2, 0.25) is 15.9 Å². The lowest BCUT2D eigenvalue weighted by molar-refractivity contribution is -0.149. The average molecular weight is 651 g/mol. The zero-order chi connectivity index (χ0) is 28.9. The van der Waals surface area contributed by atoms with Crippen LogP contribution in [0.25, 0.3) is 10.9 Å². The van der Waals surface area contributed by atoms with E-state index in [0.29, 0.717) is 47.0 Å². The minimum absolute atomic E-state index is 0.111. The van der Waals surface area contributed by atoms with Crippen molar-refractivity contribution in [3.8, 4) is 0 Å². The van der Waals surface area contributed by atoms with Crippen molar-refractivity contribution in [3.63, 3.8) is 0 Å². The maximum Gasteiger partial charge on any atom is 0.298 e. The number of carbonyl (C=O) groups is 1. The summed E-state index contributed by atoms with van der Waals surface area (Å²) in [5.41, 5.74) is 6.32. The van der Waals surface area contributed by atoms with Crippen molar-refractivity contribution in [2.24, 2.45) is 11.7 Å². The number of fused-ring (bicyclic) bond motifs is 3. The van der Waals surface area contributed by atoms with Crippen LogP contribution in [0.5, 0.6) is 0 Å². The molecule has 3 N–H and O–H groups in total. The first-order valence-corrected chi connectivity index (χ1v) is 16.5. The van der Waals surface area contributed by atoms with Crippen LogP contribution in [-0.2, 0) is 27.3 Å². The second kappa shape index (κ2) is 11.0. The smallest absolute Gasteiger partial charge is 0.298 e. The number of benzene rings is 2. The third-order valence-electron chi connectivity index (χ3n) is 8.89. The van der Waals surface area contributed by atoms with Gasteiger partial charge in [-0.2, -0.15) is 18.6 Å². The van der Waals surface area contributed by atoms with Gasteiger partial charge in [-0.25, -0.2) is 8.42 Å². The van der Waals surface area contributed by atoms with Gasteiger partial charge in [-0.05, 0) is 74.8 Å². The number of piperidine rings is 1. The van der Waals surface area contributed by atoms with E-state index >= 15 is 8.78 Å². The molecule has 3 heterocycles. The number of sulfonamides is 1. The normalized spacial score (nSPS) is 24.3. The van der Waals surface area contributed by atoms with Gasteiger partial charge in [0.05, 0.1) is 10.4 Å².